The molecule has 2 heterocycles. The van der Waals surface area contributed by atoms with Crippen molar-refractivity contribution in [3.8, 4) is 17.0 Å². The molecule has 0 aliphatic heterocycles. The molecule has 3 aromatic carbocycles. The van der Waals surface area contributed by atoms with Gasteiger partial charge in [0.15, 0.2) is 0 Å². The Morgan fingerprint density at radius 2 is 1.64 bits per heavy atom. The Balaban J connectivity index is 1.58. The summed E-state index contributed by atoms with van der Waals surface area (Å²) in [4.78, 5) is 22.9. The van der Waals surface area contributed by atoms with E-state index in [4.69, 9.17) is 0 Å². The number of H-pyrrole nitrogens is 1. The van der Waals surface area contributed by atoms with Crippen LogP contribution < -0.4 is 10.3 Å². The van der Waals surface area contributed by atoms with Gasteiger partial charge in [0.25, 0.3) is 15.9 Å². The molecule has 0 unspecified atom stereocenters. The van der Waals surface area contributed by atoms with Gasteiger partial charge in [-0.25, -0.2) is 13.4 Å². The van der Waals surface area contributed by atoms with Gasteiger partial charge in [0.05, 0.1) is 16.1 Å². The van der Waals surface area contributed by atoms with E-state index in [1.165, 1.54) is 12.1 Å². The fourth-order valence-electron chi connectivity index (χ4n) is 3.66. The van der Waals surface area contributed by atoms with Crippen LogP contribution in [0, 0.1) is 0 Å². The van der Waals surface area contributed by atoms with Crippen LogP contribution in [0.5, 0.6) is 5.75 Å². The maximum Gasteiger partial charge on any atom is 0.284 e. The Morgan fingerprint density at radius 1 is 0.879 bits per heavy atom. The van der Waals surface area contributed by atoms with Crippen molar-refractivity contribution in [3.63, 3.8) is 0 Å². The number of hydrogen-bond donors (Lipinski definition) is 4. The summed E-state index contributed by atoms with van der Waals surface area (Å²) >= 11 is 0. The standard InChI is InChI=1S/C24H18N4O4S/c29-16-8-6-7-15(13-16)22-23-19(18-11-4-5-12-20(18)25-23)14-21(26-22)24(30)27-28-33(31,32)17-9-2-1-3-10-17/h1-14,25,28-29H,(H,27,30). The Bertz CT molecular complexity index is 1610. The number of pyridine rings is 1. The van der Waals surface area contributed by atoms with Crippen LogP contribution in [0.2, 0.25) is 0 Å². The van der Waals surface area contributed by atoms with Gasteiger partial charge in [0, 0.05) is 21.9 Å². The smallest absolute Gasteiger partial charge is 0.284 e. The van der Waals surface area contributed by atoms with Crippen molar-refractivity contribution in [2.75, 3.05) is 0 Å². The number of para-hydroxylation sites is 1. The number of fused-ring (bicyclic) bond motifs is 3. The molecule has 0 spiro atoms. The highest BCUT2D eigenvalue weighted by atomic mass is 32.2. The molecule has 5 aromatic rings. The molecule has 8 nitrogen and oxygen atoms in total. The molecular weight excluding hydrogens is 440 g/mol. The molecule has 0 aliphatic carbocycles. The third kappa shape index (κ3) is 3.91. The van der Waals surface area contributed by atoms with Crippen molar-refractivity contribution in [1.29, 1.82) is 0 Å². The lowest BCUT2D eigenvalue weighted by atomic mass is 10.1. The van der Waals surface area contributed by atoms with Gasteiger partial charge < -0.3 is 10.1 Å². The lowest BCUT2D eigenvalue weighted by Gasteiger charge is -2.10. The zero-order valence-electron chi connectivity index (χ0n) is 17.1. The largest absolute Gasteiger partial charge is 0.508 e. The minimum absolute atomic E-state index is 0.0151. The summed E-state index contributed by atoms with van der Waals surface area (Å²) in [6, 6.07) is 23.5. The predicted octanol–water partition coefficient (Wildman–Crippen LogP) is 3.71. The number of nitrogens with one attached hydrogen (secondary N) is 3. The molecule has 0 aliphatic rings. The van der Waals surface area contributed by atoms with Crippen molar-refractivity contribution in [2.45, 2.75) is 4.90 Å². The second kappa shape index (κ2) is 8.05. The normalized spacial score (nSPS) is 11.6. The van der Waals surface area contributed by atoms with Crippen molar-refractivity contribution >= 4 is 37.7 Å². The minimum atomic E-state index is -3.95. The lowest BCUT2D eigenvalue weighted by molar-refractivity contribution is 0.0940. The second-order valence-corrected chi connectivity index (χ2v) is 9.05. The zero-order valence-corrected chi connectivity index (χ0v) is 17.9. The molecule has 1 amide bonds. The van der Waals surface area contributed by atoms with E-state index in [0.717, 1.165) is 16.3 Å². The molecule has 164 valence electrons. The number of phenols is 1. The number of hydrazine groups is 1. The molecule has 0 fully saturated rings. The number of carbonyl (C=O) groups is 1. The van der Waals surface area contributed by atoms with E-state index in [2.05, 4.69) is 20.2 Å². The van der Waals surface area contributed by atoms with Crippen LogP contribution in [0.15, 0.2) is 89.8 Å². The van der Waals surface area contributed by atoms with Gasteiger partial charge in [-0.05, 0) is 36.4 Å². The number of phenolic OH excluding ortho intramolecular Hbond substituents is 1. The van der Waals surface area contributed by atoms with Crippen LogP contribution in [0.25, 0.3) is 33.1 Å². The van der Waals surface area contributed by atoms with Gasteiger partial charge in [-0.2, -0.15) is 0 Å². The van der Waals surface area contributed by atoms with E-state index in [1.807, 2.05) is 24.3 Å². The number of carbonyl (C=O) groups excluding carboxylic acids is 1. The molecular formula is C24H18N4O4S. The summed E-state index contributed by atoms with van der Waals surface area (Å²) in [7, 11) is -3.95. The maximum absolute atomic E-state index is 12.9. The topological polar surface area (TPSA) is 124 Å². The van der Waals surface area contributed by atoms with E-state index in [-0.39, 0.29) is 16.3 Å². The summed E-state index contributed by atoms with van der Waals surface area (Å²) in [5, 5.41) is 11.6. The van der Waals surface area contributed by atoms with Crippen LogP contribution in [-0.2, 0) is 10.0 Å². The van der Waals surface area contributed by atoms with Gasteiger partial charge in [-0.3, -0.25) is 10.2 Å². The maximum atomic E-state index is 12.9. The quantitative estimate of drug-likeness (QED) is 0.299. The fraction of sp³-hybridized carbons (Fsp3) is 0. The molecule has 0 saturated carbocycles. The second-order valence-electron chi connectivity index (χ2n) is 7.37. The highest BCUT2D eigenvalue weighted by Gasteiger charge is 2.19. The Kier molecular flexibility index (Phi) is 5.04. The summed E-state index contributed by atoms with van der Waals surface area (Å²) in [5.41, 5.74) is 4.86. The third-order valence-electron chi connectivity index (χ3n) is 5.20. The van der Waals surface area contributed by atoms with Gasteiger partial charge in [0.2, 0.25) is 0 Å². The van der Waals surface area contributed by atoms with Crippen molar-refractivity contribution in [2.24, 2.45) is 0 Å². The monoisotopic (exact) mass is 458 g/mol. The zero-order chi connectivity index (χ0) is 23.0. The van der Waals surface area contributed by atoms with E-state index < -0.39 is 15.9 Å². The predicted molar refractivity (Wildman–Crippen MR) is 125 cm³/mol. The third-order valence-corrected chi connectivity index (χ3v) is 6.46. The molecule has 0 radical (unpaired) electrons. The summed E-state index contributed by atoms with van der Waals surface area (Å²) in [5.74, 6) is -0.660. The molecule has 0 saturated heterocycles. The molecule has 9 heteroatoms. The SMILES string of the molecule is O=C(NNS(=O)(=O)c1ccccc1)c1cc2c([nH]c3ccccc32)c(-c2cccc(O)c2)n1. The first-order valence-corrected chi connectivity index (χ1v) is 11.5. The molecule has 4 N–H and O–H groups in total. The summed E-state index contributed by atoms with van der Waals surface area (Å²) in [6.07, 6.45) is 0. The Labute approximate surface area is 188 Å². The van der Waals surface area contributed by atoms with E-state index >= 15 is 0 Å². The number of aromatic amines is 1. The number of nitrogens with zero attached hydrogens (tertiary/aromatic N) is 1. The van der Waals surface area contributed by atoms with Crippen LogP contribution in [0.3, 0.4) is 0 Å². The molecule has 5 rings (SSSR count). The molecule has 0 atom stereocenters. The number of amides is 1. The fourth-order valence-corrected chi connectivity index (χ4v) is 4.52. The number of aromatic hydroxyl groups is 1. The summed E-state index contributed by atoms with van der Waals surface area (Å²) in [6.45, 7) is 0. The number of benzene rings is 3. The summed E-state index contributed by atoms with van der Waals surface area (Å²) < 4.78 is 24.9. The minimum Gasteiger partial charge on any atom is -0.508 e. The van der Waals surface area contributed by atoms with Crippen LogP contribution >= 0.6 is 0 Å². The average molecular weight is 458 g/mol. The Morgan fingerprint density at radius 3 is 2.42 bits per heavy atom. The van der Waals surface area contributed by atoms with Crippen molar-refractivity contribution < 1.29 is 18.3 Å². The van der Waals surface area contributed by atoms with Gasteiger partial charge in [0.1, 0.15) is 11.4 Å². The first-order valence-electron chi connectivity index (χ1n) is 10.0. The van der Waals surface area contributed by atoms with Crippen LogP contribution in [0.1, 0.15) is 10.5 Å². The van der Waals surface area contributed by atoms with Gasteiger partial charge in [-0.15, -0.1) is 4.83 Å². The number of sulfonamides is 1. The van der Waals surface area contributed by atoms with Crippen molar-refractivity contribution in [1.82, 2.24) is 20.2 Å². The van der Waals surface area contributed by atoms with Gasteiger partial charge in [-0.1, -0.05) is 48.5 Å². The van der Waals surface area contributed by atoms with E-state index in [0.29, 0.717) is 16.8 Å². The average Bonchev–Trinajstić information content (AvgIpc) is 3.21. The first kappa shape index (κ1) is 20.7. The van der Waals surface area contributed by atoms with Crippen LogP contribution in [0.4, 0.5) is 0 Å². The highest BCUT2D eigenvalue weighted by molar-refractivity contribution is 7.89. The number of aromatic nitrogens is 2. The van der Waals surface area contributed by atoms with Crippen LogP contribution in [-0.4, -0.2) is 29.4 Å². The molecule has 0 bridgehead atoms. The lowest BCUT2D eigenvalue weighted by Crippen LogP contribution is -2.41. The molecule has 33 heavy (non-hydrogen) atoms. The Hall–Kier alpha value is -4.21. The highest BCUT2D eigenvalue weighted by Crippen LogP contribution is 2.33. The van der Waals surface area contributed by atoms with E-state index in [1.54, 1.807) is 48.5 Å². The number of hydrogen-bond acceptors (Lipinski definition) is 5. The number of rotatable bonds is 5. The first-order chi connectivity index (χ1) is 15.9. The van der Waals surface area contributed by atoms with Gasteiger partial charge >= 0.3 is 0 Å². The van der Waals surface area contributed by atoms with Crippen molar-refractivity contribution in [3.05, 3.63) is 90.6 Å². The molecule has 2 aromatic heterocycles. The van der Waals surface area contributed by atoms with E-state index in [9.17, 15) is 18.3 Å².